The molecule has 2 saturated heterocycles. The first kappa shape index (κ1) is 34.9. The maximum Gasteiger partial charge on any atom is 0.329 e. The number of rotatable bonds is 6. The van der Waals surface area contributed by atoms with E-state index in [1.807, 2.05) is 13.0 Å². The monoisotopic (exact) mass is 768 g/mol. The highest BCUT2D eigenvalue weighted by molar-refractivity contribution is 7.21. The summed E-state index contributed by atoms with van der Waals surface area (Å²) in [6.07, 6.45) is 2.83. The molecule has 6 aromatic rings. The van der Waals surface area contributed by atoms with E-state index in [-0.39, 0.29) is 30.0 Å². The average molecular weight is 769 g/mol. The van der Waals surface area contributed by atoms with Gasteiger partial charge in [0.15, 0.2) is 0 Å². The molecule has 1 saturated carbocycles. The zero-order valence-electron chi connectivity index (χ0n) is 31.5. The summed E-state index contributed by atoms with van der Waals surface area (Å²) in [6, 6.07) is 22.7. The van der Waals surface area contributed by atoms with Crippen LogP contribution in [0.15, 0.2) is 71.5 Å². The number of anilines is 2. The van der Waals surface area contributed by atoms with Gasteiger partial charge in [-0.25, -0.2) is 9.78 Å². The van der Waals surface area contributed by atoms with Crippen LogP contribution in [0.2, 0.25) is 0 Å². The number of nitrogens with one attached hydrogen (secondary N) is 3. The third-order valence-corrected chi connectivity index (χ3v) is 13.6. The predicted octanol–water partition coefficient (Wildman–Crippen LogP) is 5.61. The number of thiophene rings is 1. The van der Waals surface area contributed by atoms with Crippen molar-refractivity contribution in [2.75, 3.05) is 49.5 Å². The van der Waals surface area contributed by atoms with E-state index in [1.165, 1.54) is 22.6 Å². The molecular weight excluding hydrogens is 725 g/mol. The number of carbonyl (C=O) groups excluding carboxylic acids is 3. The number of piperazine rings is 1. The highest BCUT2D eigenvalue weighted by Crippen LogP contribution is 2.44. The van der Waals surface area contributed by atoms with Crippen molar-refractivity contribution in [3.63, 3.8) is 0 Å². The van der Waals surface area contributed by atoms with Gasteiger partial charge in [0.2, 0.25) is 11.8 Å². The molecular formula is C43H44N8O4S. The fraction of sp³-hybridized carbons (Fsp3) is 0.372. The maximum absolute atomic E-state index is 13.2. The van der Waals surface area contributed by atoms with E-state index in [0.717, 1.165) is 99.4 Å². The Labute approximate surface area is 327 Å². The van der Waals surface area contributed by atoms with Crippen molar-refractivity contribution in [3.8, 4) is 11.3 Å². The van der Waals surface area contributed by atoms with Crippen LogP contribution >= 0.6 is 11.3 Å². The summed E-state index contributed by atoms with van der Waals surface area (Å²) in [5.41, 5.74) is 7.67. The second-order valence-electron chi connectivity index (χ2n) is 16.1. The molecule has 10 rings (SSSR count). The van der Waals surface area contributed by atoms with Crippen LogP contribution in [0.5, 0.6) is 0 Å². The molecule has 13 heteroatoms. The highest BCUT2D eigenvalue weighted by Gasteiger charge is 2.35. The molecule has 4 aliphatic rings. The number of piperidine rings is 1. The smallest absolute Gasteiger partial charge is 0.329 e. The van der Waals surface area contributed by atoms with Gasteiger partial charge in [-0.15, -0.1) is 11.3 Å². The second kappa shape index (κ2) is 13.6. The number of carbonyl (C=O) groups is 3. The summed E-state index contributed by atoms with van der Waals surface area (Å²) in [5, 5.41) is 11.1. The Morgan fingerprint density at radius 2 is 1.70 bits per heavy atom. The van der Waals surface area contributed by atoms with Crippen molar-refractivity contribution < 1.29 is 14.4 Å². The Balaban J connectivity index is 0.753. The van der Waals surface area contributed by atoms with E-state index in [4.69, 9.17) is 4.98 Å². The molecule has 286 valence electrons. The first-order chi connectivity index (χ1) is 27.2. The lowest BCUT2D eigenvalue weighted by Gasteiger charge is -2.42. The van der Waals surface area contributed by atoms with Crippen LogP contribution in [-0.2, 0) is 16.6 Å². The Morgan fingerprint density at radius 1 is 0.893 bits per heavy atom. The molecule has 0 radical (unpaired) electrons. The normalized spacial score (nSPS) is 23.1. The Kier molecular flexibility index (Phi) is 8.48. The molecule has 3 aromatic carbocycles. The van der Waals surface area contributed by atoms with Crippen molar-refractivity contribution in [3.05, 3.63) is 87.7 Å². The van der Waals surface area contributed by atoms with Crippen LogP contribution in [0.25, 0.3) is 43.3 Å². The van der Waals surface area contributed by atoms with Crippen molar-refractivity contribution >= 4 is 72.5 Å². The number of imide groups is 1. The number of hydrogen-bond acceptors (Lipinski definition) is 9. The number of pyridine rings is 1. The molecule has 3 fully saturated rings. The third kappa shape index (κ3) is 5.95. The maximum atomic E-state index is 13.2. The van der Waals surface area contributed by atoms with Crippen molar-refractivity contribution in [2.45, 2.75) is 50.6 Å². The fourth-order valence-electron chi connectivity index (χ4n) is 9.30. The molecule has 1 unspecified atom stereocenters. The summed E-state index contributed by atoms with van der Waals surface area (Å²) < 4.78 is 4.26. The Morgan fingerprint density at radius 3 is 2.48 bits per heavy atom. The number of aryl methyl sites for hydroxylation is 1. The molecule has 6 heterocycles. The van der Waals surface area contributed by atoms with Gasteiger partial charge in [0.05, 0.1) is 27.9 Å². The molecule has 0 spiro atoms. The lowest BCUT2D eigenvalue weighted by Crippen LogP contribution is -2.48. The molecule has 12 nitrogen and oxygen atoms in total. The molecule has 3 amide bonds. The quantitative estimate of drug-likeness (QED) is 0.187. The van der Waals surface area contributed by atoms with Crippen LogP contribution in [0.3, 0.4) is 0 Å². The number of nitrogens with zero attached hydrogens (tertiary/aromatic N) is 5. The minimum absolute atomic E-state index is 0.0182. The first-order valence-corrected chi connectivity index (χ1v) is 20.5. The Bertz CT molecular complexity index is 2630. The largest absolute Gasteiger partial charge is 0.381 e. The first-order valence-electron chi connectivity index (χ1n) is 19.7. The summed E-state index contributed by atoms with van der Waals surface area (Å²) in [5.74, 6) is 0.405. The van der Waals surface area contributed by atoms with Gasteiger partial charge in [-0.1, -0.05) is 18.2 Å². The van der Waals surface area contributed by atoms with Gasteiger partial charge in [-0.05, 0) is 92.1 Å². The standard InChI is InChI=1S/C43H44N8O4S/c1-24-22-44-39-38-30-8-9-31(46-32(30)10-13-36(38)56-40(39)42(54)45-24)26-3-6-29(7-4-26)50-17-15-49(16-18-50)23-25-19-28(20-25)27-5-11-33-35(21-27)48(2)43(55)51(33)34-12-14-37(52)47-41(34)53/h3-11,13,21,24-25,28,34,44H,12,14-20,22-23H2,1-2H3,(H,45,54)(H,47,52,53)/t24-,25-,28-,34?/m1/s1. The van der Waals surface area contributed by atoms with Crippen LogP contribution in [-0.4, -0.2) is 82.1 Å². The predicted molar refractivity (Wildman–Crippen MR) is 221 cm³/mol. The molecule has 56 heavy (non-hydrogen) atoms. The second-order valence-corrected chi connectivity index (χ2v) is 17.1. The number of amides is 3. The van der Waals surface area contributed by atoms with Gasteiger partial charge >= 0.3 is 5.69 Å². The average Bonchev–Trinajstić information content (AvgIpc) is 3.64. The van der Waals surface area contributed by atoms with E-state index < -0.39 is 11.9 Å². The van der Waals surface area contributed by atoms with Gasteiger partial charge < -0.3 is 15.5 Å². The number of imidazole rings is 1. The molecule has 2 atom stereocenters. The molecule has 3 N–H and O–H groups in total. The van der Waals surface area contributed by atoms with E-state index in [2.05, 4.69) is 86.4 Å². The summed E-state index contributed by atoms with van der Waals surface area (Å²) in [6.45, 7) is 7.85. The summed E-state index contributed by atoms with van der Waals surface area (Å²) in [4.78, 5) is 61.2. The van der Waals surface area contributed by atoms with Crippen molar-refractivity contribution in [1.29, 1.82) is 0 Å². The van der Waals surface area contributed by atoms with Crippen LogP contribution < -0.4 is 26.5 Å². The number of benzene rings is 3. The lowest BCUT2D eigenvalue weighted by atomic mass is 9.71. The van der Waals surface area contributed by atoms with Gasteiger partial charge in [-0.2, -0.15) is 0 Å². The summed E-state index contributed by atoms with van der Waals surface area (Å²) >= 11 is 1.53. The van der Waals surface area contributed by atoms with Crippen LogP contribution in [0.4, 0.5) is 11.4 Å². The molecule has 3 aliphatic heterocycles. The van der Waals surface area contributed by atoms with E-state index in [0.29, 0.717) is 24.8 Å². The van der Waals surface area contributed by atoms with Crippen molar-refractivity contribution in [2.24, 2.45) is 13.0 Å². The van der Waals surface area contributed by atoms with Gasteiger partial charge in [0, 0.05) is 85.5 Å². The van der Waals surface area contributed by atoms with Gasteiger partial charge in [0.25, 0.3) is 5.91 Å². The van der Waals surface area contributed by atoms with Crippen LogP contribution in [0.1, 0.15) is 59.8 Å². The molecule has 1 aliphatic carbocycles. The number of aromatic nitrogens is 3. The fourth-order valence-corrected chi connectivity index (χ4v) is 10.4. The molecule has 0 bridgehead atoms. The highest BCUT2D eigenvalue weighted by atomic mass is 32.1. The zero-order valence-corrected chi connectivity index (χ0v) is 32.3. The van der Waals surface area contributed by atoms with E-state index >= 15 is 0 Å². The minimum atomic E-state index is -0.666. The number of hydrogen-bond donors (Lipinski definition) is 3. The lowest BCUT2D eigenvalue weighted by molar-refractivity contribution is -0.135. The zero-order chi connectivity index (χ0) is 38.2. The SMILES string of the molecule is C[C@@H]1CNc2c(sc3ccc4nc(-c5ccc(N6CCN(C[C@H]7C[C@H](c8ccc9c(c8)n(C)c(=O)n9C8CCC(=O)NC8=O)C7)CC6)cc5)ccc4c23)C(=O)N1. The van der Waals surface area contributed by atoms with Gasteiger partial charge in [0.1, 0.15) is 10.9 Å². The number of fused-ring (bicyclic) bond motifs is 6. The minimum Gasteiger partial charge on any atom is -0.381 e. The van der Waals surface area contributed by atoms with Crippen LogP contribution in [0, 0.1) is 5.92 Å². The van der Waals surface area contributed by atoms with Crippen molar-refractivity contribution in [1.82, 2.24) is 29.7 Å². The van der Waals surface area contributed by atoms with E-state index in [1.54, 1.807) is 16.2 Å². The summed E-state index contributed by atoms with van der Waals surface area (Å²) in [7, 11) is 1.76. The topological polar surface area (TPSA) is 134 Å². The van der Waals surface area contributed by atoms with Gasteiger partial charge in [-0.3, -0.25) is 33.7 Å². The molecule has 3 aromatic heterocycles. The van der Waals surface area contributed by atoms with E-state index in [9.17, 15) is 19.2 Å². The Hall–Kier alpha value is -5.53. The third-order valence-electron chi connectivity index (χ3n) is 12.5.